The number of nitrogens with one attached hydrogen (secondary N) is 1. The lowest BCUT2D eigenvalue weighted by Gasteiger charge is -2.35. The molecular formula is C13H24N2O2. The van der Waals surface area contributed by atoms with E-state index in [1.807, 2.05) is 4.90 Å². The minimum atomic E-state index is 0.255. The lowest BCUT2D eigenvalue weighted by atomic mass is 9.91. The molecule has 98 valence electrons. The highest BCUT2D eigenvalue weighted by Crippen LogP contribution is 2.23. The first-order valence-electron chi connectivity index (χ1n) is 6.91. The van der Waals surface area contributed by atoms with Gasteiger partial charge < -0.3 is 15.3 Å². The SMILES string of the molecule is O=C(C1CCNCC1)N1CCC(CCO)CC1. The summed E-state index contributed by atoms with van der Waals surface area (Å²) in [7, 11) is 0. The summed E-state index contributed by atoms with van der Waals surface area (Å²) in [5.74, 6) is 1.25. The number of hydrogen-bond acceptors (Lipinski definition) is 3. The van der Waals surface area contributed by atoms with E-state index in [4.69, 9.17) is 5.11 Å². The Balaban J connectivity index is 1.77. The molecule has 17 heavy (non-hydrogen) atoms. The molecule has 2 aliphatic rings. The predicted molar refractivity (Wildman–Crippen MR) is 66.6 cm³/mol. The van der Waals surface area contributed by atoms with Gasteiger partial charge in [0.15, 0.2) is 0 Å². The van der Waals surface area contributed by atoms with Crippen molar-refractivity contribution >= 4 is 5.91 Å². The fourth-order valence-electron chi connectivity index (χ4n) is 2.95. The molecule has 0 aliphatic carbocycles. The number of amides is 1. The Labute approximate surface area is 103 Å². The highest BCUT2D eigenvalue weighted by Gasteiger charge is 2.28. The van der Waals surface area contributed by atoms with Gasteiger partial charge in [-0.25, -0.2) is 0 Å². The first-order chi connectivity index (χ1) is 8.31. The lowest BCUT2D eigenvalue weighted by Crippen LogP contribution is -2.44. The lowest BCUT2D eigenvalue weighted by molar-refractivity contribution is -0.137. The molecule has 0 radical (unpaired) electrons. The summed E-state index contributed by atoms with van der Waals surface area (Å²) in [6.07, 6.45) is 5.02. The Morgan fingerprint density at radius 3 is 2.41 bits per heavy atom. The molecule has 0 aromatic rings. The van der Waals surface area contributed by atoms with Crippen LogP contribution in [-0.4, -0.2) is 48.7 Å². The molecule has 4 nitrogen and oxygen atoms in total. The van der Waals surface area contributed by atoms with Gasteiger partial charge in [0, 0.05) is 25.6 Å². The van der Waals surface area contributed by atoms with Crippen LogP contribution in [0.15, 0.2) is 0 Å². The zero-order chi connectivity index (χ0) is 12.1. The quantitative estimate of drug-likeness (QED) is 0.760. The maximum atomic E-state index is 12.3. The van der Waals surface area contributed by atoms with Crippen molar-refractivity contribution in [2.75, 3.05) is 32.8 Å². The second-order valence-corrected chi connectivity index (χ2v) is 5.31. The van der Waals surface area contributed by atoms with E-state index >= 15 is 0 Å². The second-order valence-electron chi connectivity index (χ2n) is 5.31. The molecule has 4 heteroatoms. The van der Waals surface area contributed by atoms with Gasteiger partial charge in [-0.2, -0.15) is 0 Å². The van der Waals surface area contributed by atoms with Crippen LogP contribution in [-0.2, 0) is 4.79 Å². The maximum absolute atomic E-state index is 12.3. The molecule has 0 bridgehead atoms. The van der Waals surface area contributed by atoms with Crippen LogP contribution in [0.5, 0.6) is 0 Å². The van der Waals surface area contributed by atoms with E-state index in [9.17, 15) is 4.79 Å². The van der Waals surface area contributed by atoms with Gasteiger partial charge in [-0.1, -0.05) is 0 Å². The van der Waals surface area contributed by atoms with Crippen molar-refractivity contribution in [1.82, 2.24) is 10.2 Å². The normalized spacial score (nSPS) is 23.9. The summed E-state index contributed by atoms with van der Waals surface area (Å²) >= 11 is 0. The fourth-order valence-corrected chi connectivity index (χ4v) is 2.95. The second kappa shape index (κ2) is 6.36. The Kier molecular flexibility index (Phi) is 4.80. The number of piperidine rings is 2. The van der Waals surface area contributed by atoms with Crippen molar-refractivity contribution in [1.29, 1.82) is 0 Å². The number of likely N-dealkylation sites (tertiary alicyclic amines) is 1. The molecule has 2 fully saturated rings. The number of aliphatic hydroxyl groups excluding tert-OH is 1. The van der Waals surface area contributed by atoms with Crippen molar-refractivity contribution in [3.63, 3.8) is 0 Å². The first-order valence-corrected chi connectivity index (χ1v) is 6.91. The molecule has 2 N–H and O–H groups in total. The molecule has 2 heterocycles. The molecule has 2 saturated heterocycles. The van der Waals surface area contributed by atoms with Crippen LogP contribution in [0.3, 0.4) is 0 Å². The topological polar surface area (TPSA) is 52.6 Å². The Hall–Kier alpha value is -0.610. The largest absolute Gasteiger partial charge is 0.396 e. The van der Waals surface area contributed by atoms with E-state index in [-0.39, 0.29) is 12.5 Å². The minimum Gasteiger partial charge on any atom is -0.396 e. The van der Waals surface area contributed by atoms with Crippen molar-refractivity contribution in [2.24, 2.45) is 11.8 Å². The van der Waals surface area contributed by atoms with Gasteiger partial charge in [0.1, 0.15) is 0 Å². The van der Waals surface area contributed by atoms with Gasteiger partial charge in [-0.05, 0) is 51.1 Å². The molecule has 1 amide bonds. The molecule has 2 rings (SSSR count). The van der Waals surface area contributed by atoms with E-state index in [2.05, 4.69) is 5.32 Å². The van der Waals surface area contributed by atoms with Crippen molar-refractivity contribution in [3.8, 4) is 0 Å². The molecular weight excluding hydrogens is 216 g/mol. The van der Waals surface area contributed by atoms with E-state index in [0.717, 1.165) is 58.3 Å². The summed E-state index contributed by atoms with van der Waals surface area (Å²) in [6.45, 7) is 4.04. The number of nitrogens with zero attached hydrogens (tertiary/aromatic N) is 1. The van der Waals surface area contributed by atoms with E-state index in [1.54, 1.807) is 0 Å². The third-order valence-corrected chi connectivity index (χ3v) is 4.15. The average molecular weight is 240 g/mol. The Morgan fingerprint density at radius 2 is 1.82 bits per heavy atom. The number of aliphatic hydroxyl groups is 1. The van der Waals surface area contributed by atoms with Crippen LogP contribution in [0, 0.1) is 11.8 Å². The Bertz CT molecular complexity index is 244. The van der Waals surface area contributed by atoms with Gasteiger partial charge >= 0.3 is 0 Å². The van der Waals surface area contributed by atoms with Crippen LogP contribution < -0.4 is 5.32 Å². The van der Waals surface area contributed by atoms with E-state index in [1.165, 1.54) is 0 Å². The van der Waals surface area contributed by atoms with Gasteiger partial charge in [-0.15, -0.1) is 0 Å². The smallest absolute Gasteiger partial charge is 0.225 e. The maximum Gasteiger partial charge on any atom is 0.225 e. The first kappa shape index (κ1) is 12.8. The van der Waals surface area contributed by atoms with Crippen LogP contribution >= 0.6 is 0 Å². The minimum absolute atomic E-state index is 0.255. The summed E-state index contributed by atoms with van der Waals surface area (Å²) < 4.78 is 0. The highest BCUT2D eigenvalue weighted by molar-refractivity contribution is 5.79. The standard InChI is InChI=1S/C13H24N2O2/c16-10-5-11-3-8-15(9-4-11)13(17)12-1-6-14-7-2-12/h11-12,14,16H,1-10H2. The zero-order valence-electron chi connectivity index (χ0n) is 10.5. The molecule has 2 aliphatic heterocycles. The van der Waals surface area contributed by atoms with Crippen LogP contribution in [0.25, 0.3) is 0 Å². The van der Waals surface area contributed by atoms with Gasteiger partial charge in [0.25, 0.3) is 0 Å². The molecule has 0 spiro atoms. The molecule has 0 saturated carbocycles. The van der Waals surface area contributed by atoms with Crippen molar-refractivity contribution in [3.05, 3.63) is 0 Å². The summed E-state index contributed by atoms with van der Waals surface area (Å²) in [5.41, 5.74) is 0. The average Bonchev–Trinajstić information content (AvgIpc) is 2.40. The molecule has 0 aromatic carbocycles. The third-order valence-electron chi connectivity index (χ3n) is 4.15. The zero-order valence-corrected chi connectivity index (χ0v) is 10.5. The summed E-state index contributed by atoms with van der Waals surface area (Å²) in [5, 5.41) is 12.2. The summed E-state index contributed by atoms with van der Waals surface area (Å²) in [6, 6.07) is 0. The number of carbonyl (C=O) groups excluding carboxylic acids is 1. The van der Waals surface area contributed by atoms with Crippen LogP contribution in [0.2, 0.25) is 0 Å². The van der Waals surface area contributed by atoms with E-state index in [0.29, 0.717) is 11.8 Å². The number of rotatable bonds is 3. The molecule has 0 unspecified atom stereocenters. The molecule has 0 atom stereocenters. The monoisotopic (exact) mass is 240 g/mol. The van der Waals surface area contributed by atoms with Gasteiger partial charge in [-0.3, -0.25) is 4.79 Å². The number of hydrogen-bond donors (Lipinski definition) is 2. The number of carbonyl (C=O) groups is 1. The van der Waals surface area contributed by atoms with Crippen LogP contribution in [0.4, 0.5) is 0 Å². The van der Waals surface area contributed by atoms with Crippen molar-refractivity contribution in [2.45, 2.75) is 32.1 Å². The van der Waals surface area contributed by atoms with Gasteiger partial charge in [0.05, 0.1) is 0 Å². The van der Waals surface area contributed by atoms with Crippen LogP contribution in [0.1, 0.15) is 32.1 Å². The predicted octanol–water partition coefficient (Wildman–Crippen LogP) is 0.607. The van der Waals surface area contributed by atoms with Gasteiger partial charge in [0.2, 0.25) is 5.91 Å². The van der Waals surface area contributed by atoms with E-state index < -0.39 is 0 Å². The highest BCUT2D eigenvalue weighted by atomic mass is 16.3. The Morgan fingerprint density at radius 1 is 1.18 bits per heavy atom. The third kappa shape index (κ3) is 3.42. The fraction of sp³-hybridized carbons (Fsp3) is 0.923. The van der Waals surface area contributed by atoms with Crippen molar-refractivity contribution < 1.29 is 9.90 Å². The molecule has 0 aromatic heterocycles. The summed E-state index contributed by atoms with van der Waals surface area (Å²) in [4.78, 5) is 14.3.